The molecule has 1 aromatic carbocycles. The van der Waals surface area contributed by atoms with Crippen LogP contribution in [0.5, 0.6) is 0 Å². The number of nitrogens with zero attached hydrogens (tertiary/aromatic N) is 2. The van der Waals surface area contributed by atoms with Gasteiger partial charge in [-0.25, -0.2) is 4.39 Å². The van der Waals surface area contributed by atoms with E-state index < -0.39 is 0 Å². The van der Waals surface area contributed by atoms with Gasteiger partial charge in [0.05, 0.1) is 6.20 Å². The van der Waals surface area contributed by atoms with E-state index >= 15 is 0 Å². The number of aromatic nitrogens is 2. The van der Waals surface area contributed by atoms with E-state index in [4.69, 9.17) is 0 Å². The van der Waals surface area contributed by atoms with Gasteiger partial charge in [0.15, 0.2) is 0 Å². The first-order valence-electron chi connectivity index (χ1n) is 5.88. The van der Waals surface area contributed by atoms with Crippen LogP contribution in [0.25, 0.3) is 10.9 Å². The third-order valence-electron chi connectivity index (χ3n) is 3.12. The molecule has 0 aliphatic heterocycles. The lowest BCUT2D eigenvalue weighted by Gasteiger charge is -2.08. The molecule has 0 saturated carbocycles. The van der Waals surface area contributed by atoms with Gasteiger partial charge in [0.1, 0.15) is 5.82 Å². The number of hydrogen-bond acceptors (Lipinski definition) is 1. The molecule has 0 amide bonds. The highest BCUT2D eigenvalue weighted by atomic mass is 19.1. The lowest BCUT2D eigenvalue weighted by atomic mass is 10.2. The van der Waals surface area contributed by atoms with Crippen molar-refractivity contribution < 1.29 is 4.39 Å². The highest BCUT2D eigenvalue weighted by molar-refractivity contribution is 5.81. The second-order valence-corrected chi connectivity index (χ2v) is 4.44. The number of pyridine rings is 1. The summed E-state index contributed by atoms with van der Waals surface area (Å²) in [7, 11) is 0. The summed E-state index contributed by atoms with van der Waals surface area (Å²) in [6.45, 7) is 2.71. The Hall–Kier alpha value is -2.16. The smallest absolute Gasteiger partial charge is 0.141 e. The molecule has 0 unspecified atom stereocenters. The van der Waals surface area contributed by atoms with Gasteiger partial charge in [0.2, 0.25) is 0 Å². The summed E-state index contributed by atoms with van der Waals surface area (Å²) in [6.07, 6.45) is 2.93. The average molecular weight is 240 g/mol. The molecule has 0 atom stereocenters. The Kier molecular flexibility index (Phi) is 2.59. The second-order valence-electron chi connectivity index (χ2n) is 4.44. The number of halogens is 1. The molecule has 0 fully saturated rings. The molecule has 0 spiro atoms. The highest BCUT2D eigenvalue weighted by Gasteiger charge is 2.06. The maximum atomic E-state index is 13.1. The van der Waals surface area contributed by atoms with Crippen molar-refractivity contribution in [1.29, 1.82) is 0 Å². The van der Waals surface area contributed by atoms with Gasteiger partial charge in [-0.2, -0.15) is 0 Å². The fourth-order valence-corrected chi connectivity index (χ4v) is 2.28. The van der Waals surface area contributed by atoms with Gasteiger partial charge in [-0.1, -0.05) is 18.2 Å². The van der Waals surface area contributed by atoms with Gasteiger partial charge in [0.25, 0.3) is 0 Å². The number of hydrogen-bond donors (Lipinski definition) is 0. The van der Waals surface area contributed by atoms with Gasteiger partial charge in [-0.15, -0.1) is 0 Å². The van der Waals surface area contributed by atoms with Gasteiger partial charge >= 0.3 is 0 Å². The van der Waals surface area contributed by atoms with Crippen LogP contribution >= 0.6 is 0 Å². The summed E-state index contributed by atoms with van der Waals surface area (Å²) < 4.78 is 15.3. The van der Waals surface area contributed by atoms with E-state index in [-0.39, 0.29) is 5.82 Å². The molecule has 3 heteroatoms. The lowest BCUT2D eigenvalue weighted by Crippen LogP contribution is -2.02. The first-order valence-corrected chi connectivity index (χ1v) is 5.88. The number of benzene rings is 1. The van der Waals surface area contributed by atoms with Crippen molar-refractivity contribution in [2.24, 2.45) is 0 Å². The zero-order chi connectivity index (χ0) is 12.5. The van der Waals surface area contributed by atoms with Crippen LogP contribution in [0.3, 0.4) is 0 Å². The Morgan fingerprint density at radius 3 is 2.83 bits per heavy atom. The zero-order valence-corrected chi connectivity index (χ0v) is 10.1. The van der Waals surface area contributed by atoms with E-state index in [9.17, 15) is 4.39 Å². The van der Waals surface area contributed by atoms with Crippen LogP contribution in [-0.4, -0.2) is 9.55 Å². The molecule has 0 saturated heterocycles. The van der Waals surface area contributed by atoms with Gasteiger partial charge in [0, 0.05) is 24.0 Å². The highest BCUT2D eigenvalue weighted by Crippen LogP contribution is 2.20. The molecule has 3 aromatic rings. The monoisotopic (exact) mass is 240 g/mol. The molecule has 0 aliphatic carbocycles. The average Bonchev–Trinajstić information content (AvgIpc) is 2.66. The van der Waals surface area contributed by atoms with Crippen molar-refractivity contribution in [3.63, 3.8) is 0 Å². The third-order valence-corrected chi connectivity index (χ3v) is 3.12. The number of para-hydroxylation sites is 1. The molecule has 18 heavy (non-hydrogen) atoms. The molecule has 90 valence electrons. The maximum absolute atomic E-state index is 13.1. The Bertz CT molecular complexity index is 701. The minimum atomic E-state index is -0.290. The summed E-state index contributed by atoms with van der Waals surface area (Å²) in [5, 5.41) is 1.21. The first-order chi connectivity index (χ1) is 8.74. The van der Waals surface area contributed by atoms with Gasteiger partial charge in [-0.3, -0.25) is 4.98 Å². The largest absolute Gasteiger partial charge is 0.340 e. The van der Waals surface area contributed by atoms with Crippen LogP contribution in [0.15, 0.2) is 48.8 Å². The molecule has 0 N–H and O–H groups in total. The van der Waals surface area contributed by atoms with Crippen molar-refractivity contribution in [3.8, 4) is 0 Å². The fourth-order valence-electron chi connectivity index (χ4n) is 2.28. The summed E-state index contributed by atoms with van der Waals surface area (Å²) >= 11 is 0. The SMILES string of the molecule is Cc1cc2ccccc2n1Cc1cncc(F)c1. The fraction of sp³-hybridized carbons (Fsp3) is 0.133. The van der Waals surface area contributed by atoms with E-state index in [0.29, 0.717) is 6.54 Å². The molecule has 3 rings (SSSR count). The minimum absolute atomic E-state index is 0.290. The quantitative estimate of drug-likeness (QED) is 0.670. The molecule has 2 aromatic heterocycles. The van der Waals surface area contributed by atoms with E-state index in [1.165, 1.54) is 28.9 Å². The summed E-state index contributed by atoms with van der Waals surface area (Å²) in [4.78, 5) is 3.89. The Morgan fingerprint density at radius 1 is 1.17 bits per heavy atom. The van der Waals surface area contributed by atoms with Gasteiger partial charge in [-0.05, 0) is 36.1 Å². The van der Waals surface area contributed by atoms with Crippen LogP contribution in [-0.2, 0) is 6.54 Å². The number of fused-ring (bicyclic) bond motifs is 1. The van der Waals surface area contributed by atoms with Crippen LogP contribution in [0.1, 0.15) is 11.3 Å². The standard InChI is InChI=1S/C15H13FN2/c1-11-6-13-4-2-3-5-15(13)18(11)10-12-7-14(16)9-17-8-12/h2-9H,10H2,1H3. The molecular weight excluding hydrogens is 227 g/mol. The van der Waals surface area contributed by atoms with Crippen LogP contribution in [0, 0.1) is 12.7 Å². The minimum Gasteiger partial charge on any atom is -0.340 e. The van der Waals surface area contributed by atoms with E-state index in [0.717, 1.165) is 5.56 Å². The molecule has 2 heterocycles. The van der Waals surface area contributed by atoms with E-state index in [2.05, 4.69) is 34.7 Å². The van der Waals surface area contributed by atoms with Crippen molar-refractivity contribution in [3.05, 3.63) is 65.9 Å². The molecule has 0 radical (unpaired) electrons. The zero-order valence-electron chi connectivity index (χ0n) is 10.1. The maximum Gasteiger partial charge on any atom is 0.141 e. The lowest BCUT2D eigenvalue weighted by molar-refractivity contribution is 0.616. The Balaban J connectivity index is 2.07. The molecule has 2 nitrogen and oxygen atoms in total. The summed E-state index contributed by atoms with van der Waals surface area (Å²) in [5.41, 5.74) is 3.21. The Morgan fingerprint density at radius 2 is 2.00 bits per heavy atom. The predicted molar refractivity (Wildman–Crippen MR) is 70.0 cm³/mol. The number of rotatable bonds is 2. The van der Waals surface area contributed by atoms with Crippen LogP contribution < -0.4 is 0 Å². The molecule has 0 bridgehead atoms. The van der Waals surface area contributed by atoms with Crippen LogP contribution in [0.4, 0.5) is 4.39 Å². The topological polar surface area (TPSA) is 17.8 Å². The number of aryl methyl sites for hydroxylation is 1. The van der Waals surface area contributed by atoms with Crippen molar-refractivity contribution >= 4 is 10.9 Å². The van der Waals surface area contributed by atoms with E-state index in [1.54, 1.807) is 6.20 Å². The normalized spacial score (nSPS) is 11.0. The van der Waals surface area contributed by atoms with E-state index in [1.807, 2.05) is 12.1 Å². The van der Waals surface area contributed by atoms with Crippen molar-refractivity contribution in [2.75, 3.05) is 0 Å². The Labute approximate surface area is 105 Å². The summed E-state index contributed by atoms with van der Waals surface area (Å²) in [6, 6.07) is 11.9. The second kappa shape index (κ2) is 4.26. The first kappa shape index (κ1) is 11.0. The molecular formula is C15H13FN2. The third kappa shape index (κ3) is 1.88. The predicted octanol–water partition coefficient (Wildman–Crippen LogP) is 3.53. The van der Waals surface area contributed by atoms with Gasteiger partial charge < -0.3 is 4.57 Å². The van der Waals surface area contributed by atoms with Crippen molar-refractivity contribution in [2.45, 2.75) is 13.5 Å². The van der Waals surface area contributed by atoms with Crippen molar-refractivity contribution in [1.82, 2.24) is 9.55 Å². The van der Waals surface area contributed by atoms with Crippen LogP contribution in [0.2, 0.25) is 0 Å². The summed E-state index contributed by atoms with van der Waals surface area (Å²) in [5.74, 6) is -0.290. The molecule has 0 aliphatic rings.